The SMILES string of the molecule is COc1ccc(C(O)C2CCN(C(=O)NC3CCC(C(=O)O)CC3)CC2)cc1. The number of carboxylic acid groups (broad SMARTS) is 1. The van der Waals surface area contributed by atoms with Gasteiger partial charge in [-0.2, -0.15) is 0 Å². The Morgan fingerprint density at radius 1 is 1.07 bits per heavy atom. The van der Waals surface area contributed by atoms with Crippen LogP contribution in [-0.2, 0) is 4.79 Å². The number of hydrogen-bond donors (Lipinski definition) is 3. The lowest BCUT2D eigenvalue weighted by molar-refractivity contribution is -0.142. The lowest BCUT2D eigenvalue weighted by atomic mass is 9.86. The van der Waals surface area contributed by atoms with Gasteiger partial charge in [0.1, 0.15) is 5.75 Å². The van der Waals surface area contributed by atoms with Gasteiger partial charge in [0.2, 0.25) is 0 Å². The van der Waals surface area contributed by atoms with E-state index in [0.717, 1.165) is 37.0 Å². The van der Waals surface area contributed by atoms with Gasteiger partial charge in [0.25, 0.3) is 0 Å². The molecule has 1 heterocycles. The van der Waals surface area contributed by atoms with Crippen LogP contribution in [-0.4, -0.2) is 53.4 Å². The second kappa shape index (κ2) is 9.28. The number of aliphatic hydroxyl groups is 1. The fourth-order valence-electron chi connectivity index (χ4n) is 4.24. The van der Waals surface area contributed by atoms with Crippen LogP contribution in [0.4, 0.5) is 4.79 Å². The number of likely N-dealkylation sites (tertiary alicyclic amines) is 1. The standard InChI is InChI=1S/C21H30N2O5/c1-28-18-8-4-14(5-9-18)19(24)15-10-12-23(13-11-15)21(27)22-17-6-2-16(3-7-17)20(25)26/h4-5,8-9,15-17,19,24H,2-3,6-7,10-13H2,1H3,(H,22,27)(H,25,26). The van der Waals surface area contributed by atoms with Crippen molar-refractivity contribution in [2.45, 2.75) is 50.7 Å². The van der Waals surface area contributed by atoms with Gasteiger partial charge >= 0.3 is 12.0 Å². The van der Waals surface area contributed by atoms with Gasteiger partial charge < -0.3 is 25.2 Å². The maximum atomic E-state index is 12.5. The van der Waals surface area contributed by atoms with Crippen molar-refractivity contribution >= 4 is 12.0 Å². The van der Waals surface area contributed by atoms with Gasteiger partial charge in [-0.3, -0.25) is 4.79 Å². The van der Waals surface area contributed by atoms with E-state index in [9.17, 15) is 14.7 Å². The summed E-state index contributed by atoms with van der Waals surface area (Å²) in [6, 6.07) is 7.45. The van der Waals surface area contributed by atoms with E-state index in [-0.39, 0.29) is 23.9 Å². The Hall–Kier alpha value is -2.28. The Kier molecular flexibility index (Phi) is 6.78. The number of piperidine rings is 1. The van der Waals surface area contributed by atoms with Crippen LogP contribution in [0.25, 0.3) is 0 Å². The van der Waals surface area contributed by atoms with Crippen molar-refractivity contribution in [2.75, 3.05) is 20.2 Å². The molecule has 2 aliphatic rings. The normalized spacial score (nSPS) is 24.4. The van der Waals surface area contributed by atoms with Crippen molar-refractivity contribution in [3.05, 3.63) is 29.8 Å². The minimum absolute atomic E-state index is 0.0608. The highest BCUT2D eigenvalue weighted by Gasteiger charge is 2.31. The number of aliphatic carboxylic acids is 1. The Morgan fingerprint density at radius 2 is 1.68 bits per heavy atom. The number of nitrogens with one attached hydrogen (secondary N) is 1. The zero-order valence-corrected chi connectivity index (χ0v) is 16.3. The van der Waals surface area contributed by atoms with Crippen LogP contribution in [0.3, 0.4) is 0 Å². The first-order chi connectivity index (χ1) is 13.5. The molecule has 1 atom stereocenters. The number of carboxylic acids is 1. The molecule has 7 heteroatoms. The van der Waals surface area contributed by atoms with Crippen LogP contribution >= 0.6 is 0 Å². The summed E-state index contributed by atoms with van der Waals surface area (Å²) < 4.78 is 5.15. The monoisotopic (exact) mass is 390 g/mol. The van der Waals surface area contributed by atoms with Crippen molar-refractivity contribution in [2.24, 2.45) is 11.8 Å². The second-order valence-corrected chi connectivity index (χ2v) is 7.88. The summed E-state index contributed by atoms with van der Waals surface area (Å²) in [7, 11) is 1.62. The van der Waals surface area contributed by atoms with E-state index < -0.39 is 12.1 Å². The number of aliphatic hydroxyl groups excluding tert-OH is 1. The highest BCUT2D eigenvalue weighted by Crippen LogP contribution is 2.32. The van der Waals surface area contributed by atoms with Crippen LogP contribution in [0.2, 0.25) is 0 Å². The smallest absolute Gasteiger partial charge is 0.317 e. The number of ether oxygens (including phenoxy) is 1. The van der Waals surface area contributed by atoms with Gasteiger partial charge in [-0.25, -0.2) is 4.79 Å². The quantitative estimate of drug-likeness (QED) is 0.718. The number of nitrogens with zero attached hydrogens (tertiary/aromatic N) is 1. The van der Waals surface area contributed by atoms with Crippen LogP contribution in [0, 0.1) is 11.8 Å². The summed E-state index contributed by atoms with van der Waals surface area (Å²) in [4.78, 5) is 25.4. The van der Waals surface area contributed by atoms with E-state index in [2.05, 4.69) is 5.32 Å². The molecule has 1 aromatic carbocycles. The number of carbonyl (C=O) groups excluding carboxylic acids is 1. The number of rotatable bonds is 5. The molecule has 0 aromatic heterocycles. The van der Waals surface area contributed by atoms with Gasteiger partial charge in [0.05, 0.1) is 19.1 Å². The van der Waals surface area contributed by atoms with Gasteiger partial charge in [-0.1, -0.05) is 12.1 Å². The first-order valence-corrected chi connectivity index (χ1v) is 10.1. The second-order valence-electron chi connectivity index (χ2n) is 7.88. The molecule has 0 spiro atoms. The van der Waals surface area contributed by atoms with Crippen molar-refractivity contribution < 1.29 is 24.5 Å². The molecular weight excluding hydrogens is 360 g/mol. The van der Waals surface area contributed by atoms with Crippen LogP contribution in [0.5, 0.6) is 5.75 Å². The van der Waals surface area contributed by atoms with Crippen molar-refractivity contribution in [1.29, 1.82) is 0 Å². The minimum atomic E-state index is -0.734. The molecule has 3 N–H and O–H groups in total. The molecule has 1 unspecified atom stereocenters. The van der Waals surface area contributed by atoms with Crippen LogP contribution in [0.15, 0.2) is 24.3 Å². The molecule has 3 rings (SSSR count). The molecule has 1 aliphatic heterocycles. The predicted molar refractivity (Wildman–Crippen MR) is 104 cm³/mol. The molecule has 1 aromatic rings. The fraction of sp³-hybridized carbons (Fsp3) is 0.619. The Bertz CT molecular complexity index is 662. The van der Waals surface area contributed by atoms with Crippen LogP contribution in [0.1, 0.15) is 50.2 Å². The summed E-state index contributed by atoms with van der Waals surface area (Å²) in [5.74, 6) is -0.117. The Morgan fingerprint density at radius 3 is 2.21 bits per heavy atom. The third-order valence-electron chi connectivity index (χ3n) is 6.13. The van der Waals surface area contributed by atoms with E-state index in [1.807, 2.05) is 24.3 Å². The van der Waals surface area contributed by atoms with Gasteiger partial charge in [0.15, 0.2) is 0 Å². The highest BCUT2D eigenvalue weighted by atomic mass is 16.5. The van der Waals surface area contributed by atoms with E-state index in [4.69, 9.17) is 9.84 Å². The zero-order valence-electron chi connectivity index (χ0n) is 16.3. The molecule has 0 bridgehead atoms. The topological polar surface area (TPSA) is 99.1 Å². The number of amides is 2. The number of methoxy groups -OCH3 is 1. The van der Waals surface area contributed by atoms with E-state index in [1.54, 1.807) is 12.0 Å². The molecule has 28 heavy (non-hydrogen) atoms. The van der Waals surface area contributed by atoms with Gasteiger partial charge in [-0.15, -0.1) is 0 Å². The molecular formula is C21H30N2O5. The summed E-state index contributed by atoms with van der Waals surface area (Å²) in [5, 5.41) is 22.8. The third kappa shape index (κ3) is 4.95. The van der Waals surface area contributed by atoms with E-state index >= 15 is 0 Å². The molecule has 2 fully saturated rings. The summed E-state index contributed by atoms with van der Waals surface area (Å²) >= 11 is 0. The molecule has 1 aliphatic carbocycles. The molecule has 7 nitrogen and oxygen atoms in total. The summed E-state index contributed by atoms with van der Waals surface area (Å²) in [6.07, 6.45) is 3.65. The molecule has 0 radical (unpaired) electrons. The van der Waals surface area contributed by atoms with E-state index in [1.165, 1.54) is 0 Å². The lowest BCUT2D eigenvalue weighted by Gasteiger charge is -2.36. The van der Waals surface area contributed by atoms with Crippen LogP contribution < -0.4 is 10.1 Å². The lowest BCUT2D eigenvalue weighted by Crippen LogP contribution is -2.49. The van der Waals surface area contributed by atoms with Crippen molar-refractivity contribution in [3.8, 4) is 5.75 Å². The molecule has 1 saturated carbocycles. The number of carbonyl (C=O) groups is 2. The minimum Gasteiger partial charge on any atom is -0.497 e. The first kappa shape index (κ1) is 20.5. The first-order valence-electron chi connectivity index (χ1n) is 10.1. The Balaban J connectivity index is 1.44. The average molecular weight is 390 g/mol. The van der Waals surface area contributed by atoms with Gasteiger partial charge in [-0.05, 0) is 62.1 Å². The zero-order chi connectivity index (χ0) is 20.1. The maximum Gasteiger partial charge on any atom is 0.317 e. The number of hydrogen-bond acceptors (Lipinski definition) is 4. The van der Waals surface area contributed by atoms with Crippen molar-refractivity contribution in [3.63, 3.8) is 0 Å². The average Bonchev–Trinajstić information content (AvgIpc) is 2.73. The third-order valence-corrected chi connectivity index (χ3v) is 6.13. The van der Waals surface area contributed by atoms with Crippen molar-refractivity contribution in [1.82, 2.24) is 10.2 Å². The fourth-order valence-corrected chi connectivity index (χ4v) is 4.24. The number of urea groups is 1. The Labute approximate surface area is 165 Å². The van der Waals surface area contributed by atoms with Gasteiger partial charge in [0, 0.05) is 19.1 Å². The van der Waals surface area contributed by atoms with E-state index in [0.29, 0.717) is 25.9 Å². The molecule has 2 amide bonds. The predicted octanol–water partition coefficient (Wildman–Crippen LogP) is 2.79. The number of benzene rings is 1. The summed E-state index contributed by atoms with van der Waals surface area (Å²) in [5.41, 5.74) is 0.874. The highest BCUT2D eigenvalue weighted by molar-refractivity contribution is 5.74. The largest absolute Gasteiger partial charge is 0.497 e. The molecule has 154 valence electrons. The molecule has 1 saturated heterocycles. The maximum absolute atomic E-state index is 12.5. The summed E-state index contributed by atoms with van der Waals surface area (Å²) in [6.45, 7) is 1.24.